The van der Waals surface area contributed by atoms with Crippen molar-refractivity contribution in [3.8, 4) is 0 Å². The molecule has 2 amide bonds. The lowest BCUT2D eigenvalue weighted by Crippen LogP contribution is -2.41. The number of aryl methyl sites for hydroxylation is 1. The molecule has 0 radical (unpaired) electrons. The first kappa shape index (κ1) is 17.1. The Morgan fingerprint density at radius 1 is 1.25 bits per heavy atom. The lowest BCUT2D eigenvalue weighted by Gasteiger charge is -2.16. The molecule has 1 aromatic heterocycles. The molecule has 0 saturated carbocycles. The fourth-order valence-corrected chi connectivity index (χ4v) is 4.17. The molecule has 0 unspecified atom stereocenters. The first-order valence-electron chi connectivity index (χ1n) is 7.61. The number of benzene rings is 1. The number of hydrogen-bond acceptors (Lipinski definition) is 3. The summed E-state index contributed by atoms with van der Waals surface area (Å²) in [6.45, 7) is 2.20. The van der Waals surface area contributed by atoms with Crippen LogP contribution in [0.15, 0.2) is 28.7 Å². The van der Waals surface area contributed by atoms with Crippen LogP contribution in [0.25, 0.3) is 0 Å². The molecule has 1 aliphatic rings. The van der Waals surface area contributed by atoms with Crippen molar-refractivity contribution < 1.29 is 14.0 Å². The second-order valence-electron chi connectivity index (χ2n) is 5.94. The van der Waals surface area contributed by atoms with Gasteiger partial charge >= 0.3 is 0 Å². The van der Waals surface area contributed by atoms with Gasteiger partial charge in [-0.25, -0.2) is 4.39 Å². The van der Waals surface area contributed by atoms with Crippen molar-refractivity contribution in [3.05, 3.63) is 55.4 Å². The molecule has 0 spiro atoms. The Balaban J connectivity index is 1.64. The zero-order chi connectivity index (χ0) is 17.3. The summed E-state index contributed by atoms with van der Waals surface area (Å²) in [6.07, 6.45) is 3.11. The molecule has 7 heteroatoms. The van der Waals surface area contributed by atoms with Crippen molar-refractivity contribution in [1.29, 1.82) is 0 Å². The van der Waals surface area contributed by atoms with Crippen LogP contribution in [0.4, 0.5) is 4.39 Å². The van der Waals surface area contributed by atoms with E-state index in [-0.39, 0.29) is 11.5 Å². The molecule has 0 fully saturated rings. The minimum atomic E-state index is -0.691. The molecule has 1 heterocycles. The molecule has 3 rings (SSSR count). The number of hydrazine groups is 1. The molecule has 24 heavy (non-hydrogen) atoms. The monoisotopic (exact) mass is 410 g/mol. The average Bonchev–Trinajstić information content (AvgIpc) is 2.95. The first-order chi connectivity index (χ1) is 11.4. The Bertz CT molecular complexity index is 806. The summed E-state index contributed by atoms with van der Waals surface area (Å²) in [4.78, 5) is 26.0. The summed E-state index contributed by atoms with van der Waals surface area (Å²) < 4.78 is 14.3. The Morgan fingerprint density at radius 2 is 2.00 bits per heavy atom. The predicted octanol–water partition coefficient (Wildman–Crippen LogP) is 3.85. The van der Waals surface area contributed by atoms with Gasteiger partial charge in [0.15, 0.2) is 0 Å². The summed E-state index contributed by atoms with van der Waals surface area (Å²) in [6, 6.07) is 6.00. The van der Waals surface area contributed by atoms with Gasteiger partial charge in [-0.2, -0.15) is 0 Å². The molecule has 1 atom stereocenters. The number of thiophene rings is 1. The van der Waals surface area contributed by atoms with Gasteiger partial charge in [-0.3, -0.25) is 20.4 Å². The van der Waals surface area contributed by atoms with Gasteiger partial charge < -0.3 is 0 Å². The van der Waals surface area contributed by atoms with Crippen LogP contribution in [-0.2, 0) is 12.8 Å². The minimum Gasteiger partial charge on any atom is -0.267 e. The molecular formula is C17H16BrFN2O2S. The molecular weight excluding hydrogens is 395 g/mol. The van der Waals surface area contributed by atoms with E-state index in [9.17, 15) is 14.0 Å². The highest BCUT2D eigenvalue weighted by atomic mass is 79.9. The van der Waals surface area contributed by atoms with Crippen LogP contribution in [0.5, 0.6) is 0 Å². The Hall–Kier alpha value is -1.73. The summed E-state index contributed by atoms with van der Waals surface area (Å²) in [5.41, 5.74) is 5.70. The maximum absolute atomic E-state index is 13.7. The van der Waals surface area contributed by atoms with Crippen LogP contribution in [0.2, 0.25) is 0 Å². The van der Waals surface area contributed by atoms with E-state index in [0.29, 0.717) is 15.3 Å². The zero-order valence-electron chi connectivity index (χ0n) is 13.0. The number of nitrogens with one attached hydrogen (secondary N) is 2. The normalized spacial score (nSPS) is 16.4. The van der Waals surface area contributed by atoms with Crippen LogP contribution in [-0.4, -0.2) is 11.8 Å². The molecule has 0 saturated heterocycles. The van der Waals surface area contributed by atoms with Gasteiger partial charge in [-0.05, 0) is 55.0 Å². The highest BCUT2D eigenvalue weighted by Gasteiger charge is 2.21. The third-order valence-corrected chi connectivity index (χ3v) is 5.75. The molecule has 4 nitrogen and oxygen atoms in total. The van der Waals surface area contributed by atoms with E-state index in [2.05, 4.69) is 33.7 Å². The van der Waals surface area contributed by atoms with E-state index in [1.54, 1.807) is 6.07 Å². The standard InChI is InChI=1S/C17H16BrFN2O2S/c1-9-2-5-14-10(6-9)7-15(24-14)17(23)21-20-16(22)12-4-3-11(18)8-13(12)19/h3-4,7-9H,2,5-6H2,1H3,(H,20,22)(H,21,23)/t9-/m1/s1. The van der Waals surface area contributed by atoms with Gasteiger partial charge in [0.2, 0.25) is 0 Å². The zero-order valence-corrected chi connectivity index (χ0v) is 15.4. The van der Waals surface area contributed by atoms with Crippen molar-refractivity contribution >= 4 is 39.1 Å². The van der Waals surface area contributed by atoms with Crippen LogP contribution in [0.1, 0.15) is 43.8 Å². The van der Waals surface area contributed by atoms with Crippen molar-refractivity contribution in [2.45, 2.75) is 26.2 Å². The highest BCUT2D eigenvalue weighted by Crippen LogP contribution is 2.32. The van der Waals surface area contributed by atoms with Gasteiger partial charge in [-0.1, -0.05) is 22.9 Å². The van der Waals surface area contributed by atoms with E-state index in [0.717, 1.165) is 19.3 Å². The maximum Gasteiger partial charge on any atom is 0.279 e. The molecule has 1 aromatic carbocycles. The van der Waals surface area contributed by atoms with Crippen LogP contribution >= 0.6 is 27.3 Å². The molecule has 2 aromatic rings. The summed E-state index contributed by atoms with van der Waals surface area (Å²) in [5, 5.41) is 0. The summed E-state index contributed by atoms with van der Waals surface area (Å²) >= 11 is 4.58. The number of amides is 2. The number of carbonyl (C=O) groups is 2. The average molecular weight is 411 g/mol. The summed E-state index contributed by atoms with van der Waals surface area (Å²) in [7, 11) is 0. The lowest BCUT2D eigenvalue weighted by molar-refractivity contribution is 0.0846. The summed E-state index contributed by atoms with van der Waals surface area (Å²) in [5.74, 6) is -1.10. The number of halogens is 2. The molecule has 126 valence electrons. The van der Waals surface area contributed by atoms with Crippen LogP contribution in [0.3, 0.4) is 0 Å². The number of carbonyl (C=O) groups excluding carboxylic acids is 2. The maximum atomic E-state index is 13.7. The number of hydrogen-bond donors (Lipinski definition) is 2. The first-order valence-corrected chi connectivity index (χ1v) is 9.22. The fraction of sp³-hybridized carbons (Fsp3) is 0.294. The third kappa shape index (κ3) is 3.67. The Labute approximate surface area is 151 Å². The van der Waals surface area contributed by atoms with Crippen molar-refractivity contribution in [2.24, 2.45) is 5.92 Å². The van der Waals surface area contributed by atoms with E-state index in [4.69, 9.17) is 0 Å². The highest BCUT2D eigenvalue weighted by molar-refractivity contribution is 9.10. The predicted molar refractivity (Wildman–Crippen MR) is 94.5 cm³/mol. The van der Waals surface area contributed by atoms with E-state index in [1.807, 2.05) is 6.07 Å². The van der Waals surface area contributed by atoms with E-state index < -0.39 is 11.7 Å². The fourth-order valence-electron chi connectivity index (χ4n) is 2.73. The lowest BCUT2D eigenvalue weighted by atomic mass is 9.90. The molecule has 1 aliphatic carbocycles. The van der Waals surface area contributed by atoms with Crippen molar-refractivity contribution in [1.82, 2.24) is 10.9 Å². The molecule has 2 N–H and O–H groups in total. The molecule has 0 aliphatic heterocycles. The van der Waals surface area contributed by atoms with E-state index >= 15 is 0 Å². The van der Waals surface area contributed by atoms with Crippen LogP contribution < -0.4 is 10.9 Å². The SMILES string of the molecule is C[C@@H]1CCc2sc(C(=O)NNC(=O)c3ccc(Br)cc3F)cc2C1. The van der Waals surface area contributed by atoms with Gasteiger partial charge in [0.25, 0.3) is 11.8 Å². The van der Waals surface area contributed by atoms with Gasteiger partial charge in [0.1, 0.15) is 5.82 Å². The quantitative estimate of drug-likeness (QED) is 0.738. The topological polar surface area (TPSA) is 58.2 Å². The second-order valence-corrected chi connectivity index (χ2v) is 7.99. The van der Waals surface area contributed by atoms with Crippen molar-refractivity contribution in [2.75, 3.05) is 0 Å². The third-order valence-electron chi connectivity index (χ3n) is 4.02. The number of rotatable bonds is 2. The minimum absolute atomic E-state index is 0.127. The van der Waals surface area contributed by atoms with Crippen LogP contribution in [0, 0.1) is 11.7 Å². The van der Waals surface area contributed by atoms with Gasteiger partial charge in [0.05, 0.1) is 10.4 Å². The van der Waals surface area contributed by atoms with E-state index in [1.165, 1.54) is 33.9 Å². The second kappa shape index (κ2) is 7.03. The number of fused-ring (bicyclic) bond motifs is 1. The molecule has 0 bridgehead atoms. The van der Waals surface area contributed by atoms with Gasteiger partial charge in [0, 0.05) is 9.35 Å². The van der Waals surface area contributed by atoms with Crippen molar-refractivity contribution in [3.63, 3.8) is 0 Å². The van der Waals surface area contributed by atoms with Gasteiger partial charge in [-0.15, -0.1) is 11.3 Å². The smallest absolute Gasteiger partial charge is 0.267 e. The Kier molecular flexibility index (Phi) is 5.01. The largest absolute Gasteiger partial charge is 0.279 e. The Morgan fingerprint density at radius 3 is 2.75 bits per heavy atom.